The summed E-state index contributed by atoms with van der Waals surface area (Å²) >= 11 is 0. The molecular formula is C22H29N7O. The Labute approximate surface area is 176 Å². The van der Waals surface area contributed by atoms with Crippen LogP contribution in [-0.4, -0.2) is 63.4 Å². The molecule has 1 fully saturated rings. The topological polar surface area (TPSA) is 79.2 Å². The molecule has 3 heterocycles. The number of rotatable bonds is 5. The molecule has 3 aromatic rings. The number of hydrogen-bond donors (Lipinski definition) is 1. The van der Waals surface area contributed by atoms with Crippen LogP contribution in [-0.2, 0) is 6.42 Å². The molecule has 0 atom stereocenters. The number of carbonyl (C=O) groups is 1. The van der Waals surface area contributed by atoms with Crippen LogP contribution in [0.1, 0.15) is 31.7 Å². The number of aryl methyl sites for hydroxylation is 2. The van der Waals surface area contributed by atoms with Gasteiger partial charge in [-0.15, -0.1) is 0 Å². The molecule has 1 aromatic carbocycles. The minimum atomic E-state index is 0.0192. The van der Waals surface area contributed by atoms with Gasteiger partial charge in [-0.1, -0.05) is 31.5 Å². The zero-order valence-corrected chi connectivity index (χ0v) is 17.9. The van der Waals surface area contributed by atoms with Crippen LogP contribution in [0.15, 0.2) is 30.5 Å². The van der Waals surface area contributed by atoms with Gasteiger partial charge in [0.1, 0.15) is 11.6 Å². The van der Waals surface area contributed by atoms with Gasteiger partial charge < -0.3 is 15.1 Å². The maximum Gasteiger partial charge on any atom is 0.317 e. The Bertz CT molecular complexity index is 1020. The molecule has 4 rings (SSSR count). The van der Waals surface area contributed by atoms with Crippen LogP contribution in [0.3, 0.4) is 0 Å². The van der Waals surface area contributed by atoms with Gasteiger partial charge >= 0.3 is 6.03 Å². The summed E-state index contributed by atoms with van der Waals surface area (Å²) in [6.45, 7) is 9.73. The SMILES string of the molecule is CCCNC(=O)N1CCN(c2nc(CC)nc3c2cnn3-c2ccc(C)cc2)CC1. The van der Waals surface area contributed by atoms with Crippen molar-refractivity contribution in [3.8, 4) is 5.69 Å². The summed E-state index contributed by atoms with van der Waals surface area (Å²) in [7, 11) is 0. The molecule has 30 heavy (non-hydrogen) atoms. The van der Waals surface area contributed by atoms with E-state index in [1.807, 2.05) is 15.8 Å². The first-order valence-electron chi connectivity index (χ1n) is 10.7. The fourth-order valence-electron chi connectivity index (χ4n) is 3.68. The van der Waals surface area contributed by atoms with Crippen LogP contribution >= 0.6 is 0 Å². The Hall–Kier alpha value is -3.16. The number of urea groups is 1. The second-order valence-electron chi connectivity index (χ2n) is 7.65. The average molecular weight is 408 g/mol. The van der Waals surface area contributed by atoms with Crippen molar-refractivity contribution >= 4 is 22.9 Å². The molecule has 2 aromatic heterocycles. The van der Waals surface area contributed by atoms with E-state index in [1.54, 1.807) is 0 Å². The van der Waals surface area contributed by atoms with Crippen molar-refractivity contribution in [2.75, 3.05) is 37.6 Å². The number of piperazine rings is 1. The van der Waals surface area contributed by atoms with E-state index in [2.05, 4.69) is 60.4 Å². The highest BCUT2D eigenvalue weighted by Crippen LogP contribution is 2.27. The lowest BCUT2D eigenvalue weighted by atomic mass is 10.2. The number of nitrogens with zero attached hydrogens (tertiary/aromatic N) is 6. The molecule has 8 heteroatoms. The number of fused-ring (bicyclic) bond motifs is 1. The summed E-state index contributed by atoms with van der Waals surface area (Å²) < 4.78 is 1.88. The first kappa shape index (κ1) is 20.1. The standard InChI is InChI=1S/C22H29N7O/c1-4-10-23-22(30)28-13-11-27(12-14-28)20-18-15-24-29(17-8-6-16(3)7-9-17)21(18)26-19(5-2)25-20/h6-9,15H,4-5,10-14H2,1-3H3,(H,23,30). The van der Waals surface area contributed by atoms with Gasteiger partial charge in [-0.2, -0.15) is 5.10 Å². The molecule has 158 valence electrons. The fraction of sp³-hybridized carbons (Fsp3) is 0.455. The Kier molecular flexibility index (Phi) is 5.83. The van der Waals surface area contributed by atoms with Crippen LogP contribution in [0.2, 0.25) is 0 Å². The van der Waals surface area contributed by atoms with E-state index >= 15 is 0 Å². The quantitative estimate of drug-likeness (QED) is 0.704. The predicted octanol–water partition coefficient (Wildman–Crippen LogP) is 2.93. The molecule has 0 bridgehead atoms. The number of carbonyl (C=O) groups excluding carboxylic acids is 1. The number of hydrogen-bond acceptors (Lipinski definition) is 5. The van der Waals surface area contributed by atoms with Crippen LogP contribution in [0.4, 0.5) is 10.6 Å². The monoisotopic (exact) mass is 407 g/mol. The third-order valence-corrected chi connectivity index (χ3v) is 5.44. The highest BCUT2D eigenvalue weighted by atomic mass is 16.2. The molecule has 1 N–H and O–H groups in total. The number of benzene rings is 1. The maximum absolute atomic E-state index is 12.3. The van der Waals surface area contributed by atoms with E-state index in [4.69, 9.17) is 9.97 Å². The second kappa shape index (κ2) is 8.69. The first-order chi connectivity index (χ1) is 14.6. The number of nitrogens with one attached hydrogen (secondary N) is 1. The molecule has 0 radical (unpaired) electrons. The van der Waals surface area contributed by atoms with Gasteiger partial charge in [0.25, 0.3) is 0 Å². The van der Waals surface area contributed by atoms with Crippen molar-refractivity contribution in [3.05, 3.63) is 41.9 Å². The molecule has 1 saturated heterocycles. The van der Waals surface area contributed by atoms with Crippen molar-refractivity contribution in [1.29, 1.82) is 0 Å². The molecule has 0 aliphatic carbocycles. The smallest absolute Gasteiger partial charge is 0.317 e. The summed E-state index contributed by atoms with van der Waals surface area (Å²) in [6, 6.07) is 8.29. The summed E-state index contributed by atoms with van der Waals surface area (Å²) in [5.74, 6) is 1.71. The zero-order chi connectivity index (χ0) is 21.1. The minimum Gasteiger partial charge on any atom is -0.352 e. The van der Waals surface area contributed by atoms with Crippen LogP contribution in [0.25, 0.3) is 16.7 Å². The third kappa shape index (κ3) is 3.94. The Balaban J connectivity index is 1.62. The number of amides is 2. The highest BCUT2D eigenvalue weighted by Gasteiger charge is 2.24. The normalized spacial score (nSPS) is 14.4. The van der Waals surface area contributed by atoms with Crippen molar-refractivity contribution in [2.24, 2.45) is 0 Å². The lowest BCUT2D eigenvalue weighted by Gasteiger charge is -2.35. The van der Waals surface area contributed by atoms with Crippen molar-refractivity contribution in [3.63, 3.8) is 0 Å². The first-order valence-corrected chi connectivity index (χ1v) is 10.7. The molecule has 8 nitrogen and oxygen atoms in total. The number of aromatic nitrogens is 4. The maximum atomic E-state index is 12.3. The largest absolute Gasteiger partial charge is 0.352 e. The Morgan fingerprint density at radius 1 is 1.07 bits per heavy atom. The van der Waals surface area contributed by atoms with Gasteiger partial charge in [-0.05, 0) is 25.5 Å². The third-order valence-electron chi connectivity index (χ3n) is 5.44. The van der Waals surface area contributed by atoms with Gasteiger partial charge in [0.05, 0.1) is 17.3 Å². The number of anilines is 1. The molecule has 0 saturated carbocycles. The van der Waals surface area contributed by atoms with E-state index in [1.165, 1.54) is 5.56 Å². The van der Waals surface area contributed by atoms with Crippen LogP contribution in [0.5, 0.6) is 0 Å². The average Bonchev–Trinajstić information content (AvgIpc) is 3.21. The lowest BCUT2D eigenvalue weighted by Crippen LogP contribution is -2.52. The van der Waals surface area contributed by atoms with Gasteiger partial charge in [0, 0.05) is 39.1 Å². The summed E-state index contributed by atoms with van der Waals surface area (Å²) in [5.41, 5.74) is 3.02. The van der Waals surface area contributed by atoms with E-state index in [0.717, 1.165) is 54.3 Å². The Morgan fingerprint density at radius 2 is 1.80 bits per heavy atom. The van der Waals surface area contributed by atoms with Crippen LogP contribution in [0, 0.1) is 6.92 Å². The minimum absolute atomic E-state index is 0.0192. The second-order valence-corrected chi connectivity index (χ2v) is 7.65. The van der Waals surface area contributed by atoms with Crippen molar-refractivity contribution < 1.29 is 4.79 Å². The summed E-state index contributed by atoms with van der Waals surface area (Å²) in [5, 5.41) is 8.52. The predicted molar refractivity (Wildman–Crippen MR) is 118 cm³/mol. The van der Waals surface area contributed by atoms with Gasteiger partial charge in [-0.25, -0.2) is 19.4 Å². The van der Waals surface area contributed by atoms with E-state index in [0.29, 0.717) is 19.6 Å². The molecule has 1 aliphatic heterocycles. The molecule has 2 amide bonds. The van der Waals surface area contributed by atoms with Crippen molar-refractivity contribution in [2.45, 2.75) is 33.6 Å². The zero-order valence-electron chi connectivity index (χ0n) is 17.9. The summed E-state index contributed by atoms with van der Waals surface area (Å²) in [4.78, 5) is 26.0. The van der Waals surface area contributed by atoms with E-state index < -0.39 is 0 Å². The van der Waals surface area contributed by atoms with Gasteiger partial charge in [-0.3, -0.25) is 0 Å². The molecular weight excluding hydrogens is 378 g/mol. The summed E-state index contributed by atoms with van der Waals surface area (Å²) in [6.07, 6.45) is 3.54. The molecule has 0 unspecified atom stereocenters. The van der Waals surface area contributed by atoms with Gasteiger partial charge in [0.2, 0.25) is 0 Å². The van der Waals surface area contributed by atoms with Gasteiger partial charge in [0.15, 0.2) is 5.65 Å². The van der Waals surface area contributed by atoms with Crippen LogP contribution < -0.4 is 10.2 Å². The fourth-order valence-corrected chi connectivity index (χ4v) is 3.68. The highest BCUT2D eigenvalue weighted by molar-refractivity contribution is 5.88. The molecule has 0 spiro atoms. The molecule has 1 aliphatic rings. The van der Waals surface area contributed by atoms with E-state index in [-0.39, 0.29) is 6.03 Å². The van der Waals surface area contributed by atoms with E-state index in [9.17, 15) is 4.79 Å². The Morgan fingerprint density at radius 3 is 2.47 bits per heavy atom. The lowest BCUT2D eigenvalue weighted by molar-refractivity contribution is 0.194. The van der Waals surface area contributed by atoms with Crippen molar-refractivity contribution in [1.82, 2.24) is 30.0 Å².